The molecule has 0 fully saturated rings. The molecule has 122 valence electrons. The minimum atomic E-state index is -3.06. The molecule has 0 bridgehead atoms. The van der Waals surface area contributed by atoms with Crippen LogP contribution in [0.2, 0.25) is 0 Å². The van der Waals surface area contributed by atoms with Crippen LogP contribution in [0.15, 0.2) is 73.3 Å². The summed E-state index contributed by atoms with van der Waals surface area (Å²) in [6.07, 6.45) is 0.716. The van der Waals surface area contributed by atoms with Crippen LogP contribution in [0.3, 0.4) is 0 Å². The molecule has 23 heavy (non-hydrogen) atoms. The molecule has 0 saturated carbocycles. The Kier molecular flexibility index (Phi) is 5.95. The number of aliphatic hydroxyl groups excluding tert-OH is 1. The highest BCUT2D eigenvalue weighted by molar-refractivity contribution is 7.76. The zero-order valence-electron chi connectivity index (χ0n) is 13.6. The highest BCUT2D eigenvalue weighted by atomic mass is 31.2. The van der Waals surface area contributed by atoms with Crippen LogP contribution in [0.1, 0.15) is 13.8 Å². The Morgan fingerprint density at radius 1 is 1.00 bits per heavy atom. The lowest BCUT2D eigenvalue weighted by Gasteiger charge is -2.31. The Bertz CT molecular complexity index is 627. The number of hydrogen-bond acceptors (Lipinski definition) is 2. The molecule has 0 amide bonds. The lowest BCUT2D eigenvalue weighted by atomic mass is 10.00. The molecule has 2 aromatic rings. The molecule has 4 heteroatoms. The van der Waals surface area contributed by atoms with Gasteiger partial charge in [-0.3, -0.25) is 9.65 Å². The van der Waals surface area contributed by atoms with Crippen molar-refractivity contribution in [1.29, 1.82) is 0 Å². The molecular formula is C19H24NO2P. The lowest BCUT2D eigenvalue weighted by molar-refractivity contribution is 0.159. The van der Waals surface area contributed by atoms with Crippen LogP contribution in [0.25, 0.3) is 0 Å². The molecule has 0 spiro atoms. The first-order valence-corrected chi connectivity index (χ1v) is 9.49. The molecule has 0 unspecified atom stereocenters. The third-order valence-electron chi connectivity index (χ3n) is 3.90. The van der Waals surface area contributed by atoms with Gasteiger partial charge in [-0.05, 0) is 30.2 Å². The molecule has 0 aliphatic carbocycles. The third kappa shape index (κ3) is 4.00. The quantitative estimate of drug-likeness (QED) is 0.606. The number of hydrogen-bond donors (Lipinski definition) is 2. The van der Waals surface area contributed by atoms with Crippen LogP contribution in [0.5, 0.6) is 0 Å². The number of aliphatic hydroxyl groups is 1. The fraction of sp³-hybridized carbons (Fsp3) is 0.263. The van der Waals surface area contributed by atoms with Gasteiger partial charge in [-0.2, -0.15) is 0 Å². The second kappa shape index (κ2) is 7.74. The van der Waals surface area contributed by atoms with Gasteiger partial charge in [-0.15, -0.1) is 6.58 Å². The molecule has 0 aliphatic heterocycles. The van der Waals surface area contributed by atoms with Gasteiger partial charge in [0.2, 0.25) is 7.29 Å². The molecule has 2 N–H and O–H groups in total. The van der Waals surface area contributed by atoms with E-state index in [4.69, 9.17) is 0 Å². The molecule has 2 atom stereocenters. The summed E-state index contributed by atoms with van der Waals surface area (Å²) in [4.78, 5) is 0. The predicted molar refractivity (Wildman–Crippen MR) is 97.7 cm³/mol. The summed E-state index contributed by atoms with van der Waals surface area (Å²) in [6.45, 7) is 7.64. The van der Waals surface area contributed by atoms with E-state index in [1.54, 1.807) is 0 Å². The smallest absolute Gasteiger partial charge is 0.204 e. The first-order chi connectivity index (χ1) is 11.0. The minimum Gasteiger partial charge on any atom is -0.387 e. The molecule has 3 nitrogen and oxygen atoms in total. The van der Waals surface area contributed by atoms with Gasteiger partial charge < -0.3 is 5.11 Å². The summed E-state index contributed by atoms with van der Waals surface area (Å²) in [5.74, 6) is 0.101. The summed E-state index contributed by atoms with van der Waals surface area (Å²) >= 11 is 0. The van der Waals surface area contributed by atoms with E-state index in [9.17, 15) is 9.67 Å². The van der Waals surface area contributed by atoms with Crippen LogP contribution in [0.4, 0.5) is 0 Å². The van der Waals surface area contributed by atoms with Crippen molar-refractivity contribution >= 4 is 17.9 Å². The van der Waals surface area contributed by atoms with E-state index in [1.807, 2.05) is 74.5 Å². The van der Waals surface area contributed by atoms with Gasteiger partial charge in [0, 0.05) is 16.7 Å². The maximum absolute atomic E-state index is 13.9. The minimum absolute atomic E-state index is 0.101. The van der Waals surface area contributed by atoms with Crippen molar-refractivity contribution in [3.63, 3.8) is 0 Å². The molecular weight excluding hydrogens is 305 g/mol. The van der Waals surface area contributed by atoms with E-state index in [0.29, 0.717) is 0 Å². The van der Waals surface area contributed by atoms with Crippen LogP contribution in [-0.2, 0) is 4.57 Å². The SMILES string of the molecule is C=C[C@H](O)[C@@H](NP(=O)(c1ccccc1)c1ccccc1)C(C)C. The van der Waals surface area contributed by atoms with E-state index in [0.717, 1.165) is 10.6 Å². The van der Waals surface area contributed by atoms with Gasteiger partial charge in [-0.1, -0.05) is 56.3 Å². The maximum atomic E-state index is 13.9. The van der Waals surface area contributed by atoms with Gasteiger partial charge in [0.25, 0.3) is 0 Å². The maximum Gasteiger partial charge on any atom is 0.204 e. The second-order valence-electron chi connectivity index (χ2n) is 5.91. The van der Waals surface area contributed by atoms with Crippen LogP contribution in [-0.4, -0.2) is 17.3 Å². The molecule has 0 aromatic heterocycles. The first-order valence-electron chi connectivity index (χ1n) is 7.78. The molecule has 2 rings (SSSR count). The second-order valence-corrected chi connectivity index (χ2v) is 8.42. The van der Waals surface area contributed by atoms with E-state index in [2.05, 4.69) is 11.7 Å². The van der Waals surface area contributed by atoms with Gasteiger partial charge >= 0.3 is 0 Å². The van der Waals surface area contributed by atoms with Crippen molar-refractivity contribution in [3.05, 3.63) is 73.3 Å². The number of benzene rings is 2. The van der Waals surface area contributed by atoms with Gasteiger partial charge in [0.05, 0.1) is 6.10 Å². The van der Waals surface area contributed by atoms with Crippen molar-refractivity contribution in [2.75, 3.05) is 0 Å². The Morgan fingerprint density at radius 3 is 1.78 bits per heavy atom. The van der Waals surface area contributed by atoms with Crippen molar-refractivity contribution in [2.24, 2.45) is 5.92 Å². The van der Waals surface area contributed by atoms with Gasteiger partial charge in [0.15, 0.2) is 0 Å². The molecule has 0 heterocycles. The van der Waals surface area contributed by atoms with Crippen molar-refractivity contribution in [3.8, 4) is 0 Å². The summed E-state index contributed by atoms with van der Waals surface area (Å²) < 4.78 is 13.9. The lowest BCUT2D eigenvalue weighted by Crippen LogP contribution is -2.44. The highest BCUT2D eigenvalue weighted by Gasteiger charge is 2.33. The number of rotatable bonds is 7. The average molecular weight is 329 g/mol. The van der Waals surface area contributed by atoms with Crippen LogP contribution >= 0.6 is 7.29 Å². The van der Waals surface area contributed by atoms with E-state index in [1.165, 1.54) is 6.08 Å². The van der Waals surface area contributed by atoms with Gasteiger partial charge in [-0.25, -0.2) is 0 Å². The Morgan fingerprint density at radius 2 is 1.43 bits per heavy atom. The standard InChI is InChI=1S/C19H24NO2P/c1-4-18(21)19(15(2)3)20-23(22,16-11-7-5-8-12-16)17-13-9-6-10-14-17/h4-15,18-19,21H,1H2,2-3H3,(H,20,22)/t18-,19-/m0/s1. The van der Waals surface area contributed by atoms with Crippen LogP contribution < -0.4 is 15.7 Å². The largest absolute Gasteiger partial charge is 0.387 e. The van der Waals surface area contributed by atoms with Crippen molar-refractivity contribution < 1.29 is 9.67 Å². The summed E-state index contributed by atoms with van der Waals surface area (Å²) in [7, 11) is -3.06. The van der Waals surface area contributed by atoms with Crippen molar-refractivity contribution in [1.82, 2.24) is 5.09 Å². The Labute approximate surface area is 138 Å². The third-order valence-corrected chi connectivity index (χ3v) is 6.61. The van der Waals surface area contributed by atoms with E-state index in [-0.39, 0.29) is 12.0 Å². The monoisotopic (exact) mass is 329 g/mol. The fourth-order valence-electron chi connectivity index (χ4n) is 2.55. The van der Waals surface area contributed by atoms with E-state index >= 15 is 0 Å². The zero-order valence-corrected chi connectivity index (χ0v) is 14.5. The highest BCUT2D eigenvalue weighted by Crippen LogP contribution is 2.40. The number of nitrogens with one attached hydrogen (secondary N) is 1. The first kappa shape index (κ1) is 17.7. The average Bonchev–Trinajstić information content (AvgIpc) is 2.60. The zero-order chi connectivity index (χ0) is 16.9. The molecule has 2 aromatic carbocycles. The fourth-order valence-corrected chi connectivity index (χ4v) is 5.20. The van der Waals surface area contributed by atoms with Crippen LogP contribution in [0, 0.1) is 5.92 Å². The summed E-state index contributed by atoms with van der Waals surface area (Å²) in [6, 6.07) is 18.4. The molecule has 0 saturated heterocycles. The van der Waals surface area contributed by atoms with Crippen molar-refractivity contribution in [2.45, 2.75) is 26.0 Å². The summed E-state index contributed by atoms with van der Waals surface area (Å²) in [5, 5.41) is 15.0. The molecule has 0 radical (unpaired) electrons. The topological polar surface area (TPSA) is 49.3 Å². The van der Waals surface area contributed by atoms with E-state index < -0.39 is 13.4 Å². The summed E-state index contributed by atoms with van der Waals surface area (Å²) in [5.41, 5.74) is 0. The molecule has 0 aliphatic rings. The Hall–Kier alpha value is -1.67. The normalized spacial score (nSPS) is 14.4. The Balaban J connectivity index is 2.51. The predicted octanol–water partition coefficient (Wildman–Crippen LogP) is 3.08. The van der Waals surface area contributed by atoms with Gasteiger partial charge in [0.1, 0.15) is 0 Å².